The molecule has 1 aromatic carbocycles. The molecule has 118 valence electrons. The highest BCUT2D eigenvalue weighted by atomic mass is 35.5. The number of nitrogens with zero attached hydrogens (tertiary/aromatic N) is 2. The second-order valence-electron chi connectivity index (χ2n) is 4.90. The van der Waals surface area contributed by atoms with E-state index < -0.39 is 9.84 Å². The van der Waals surface area contributed by atoms with Gasteiger partial charge in [-0.2, -0.15) is 0 Å². The number of hydrogen-bond acceptors (Lipinski definition) is 3. The van der Waals surface area contributed by atoms with Crippen molar-refractivity contribution in [3.63, 3.8) is 0 Å². The molecule has 5 nitrogen and oxygen atoms in total. The number of benzene rings is 1. The van der Waals surface area contributed by atoms with Crippen LogP contribution in [0.3, 0.4) is 0 Å². The molecule has 0 saturated heterocycles. The summed E-state index contributed by atoms with van der Waals surface area (Å²) in [6, 6.07) is 7.66. The zero-order valence-corrected chi connectivity index (χ0v) is 14.2. The van der Waals surface area contributed by atoms with Crippen LogP contribution >= 0.6 is 11.6 Å². The molecule has 0 amide bonds. The second-order valence-corrected chi connectivity index (χ2v) is 7.57. The van der Waals surface area contributed by atoms with Gasteiger partial charge in [-0.3, -0.25) is 4.99 Å². The Bertz CT molecular complexity index is 588. The zero-order chi connectivity index (χ0) is 15.9. The number of rotatable bonds is 6. The fourth-order valence-electron chi connectivity index (χ4n) is 1.88. The first-order valence-corrected chi connectivity index (χ1v) is 9.10. The minimum Gasteiger partial charge on any atom is -0.356 e. The molecule has 1 N–H and O–H groups in total. The topological polar surface area (TPSA) is 61.8 Å². The van der Waals surface area contributed by atoms with Crippen molar-refractivity contribution in [2.75, 3.05) is 32.6 Å². The third kappa shape index (κ3) is 6.82. The van der Waals surface area contributed by atoms with E-state index >= 15 is 0 Å². The lowest BCUT2D eigenvalue weighted by Gasteiger charge is -2.22. The smallest absolute Gasteiger partial charge is 0.193 e. The maximum atomic E-state index is 11.1. The normalized spacial score (nSPS) is 12.3. The molecule has 0 aliphatic heterocycles. The van der Waals surface area contributed by atoms with Gasteiger partial charge in [0.15, 0.2) is 5.96 Å². The summed E-state index contributed by atoms with van der Waals surface area (Å²) in [5.41, 5.74) is 1.01. The van der Waals surface area contributed by atoms with E-state index in [0.717, 1.165) is 10.6 Å². The van der Waals surface area contributed by atoms with E-state index in [1.165, 1.54) is 6.26 Å². The quantitative estimate of drug-likeness (QED) is 0.490. The predicted octanol–water partition coefficient (Wildman–Crippen LogP) is 1.78. The SMILES string of the molecule is CN=C(NCCCS(C)(=O)=O)N(C)Cc1ccccc1Cl. The van der Waals surface area contributed by atoms with Crippen molar-refractivity contribution in [3.05, 3.63) is 34.9 Å². The number of halogens is 1. The van der Waals surface area contributed by atoms with Crippen LogP contribution in [0, 0.1) is 0 Å². The van der Waals surface area contributed by atoms with Crippen LogP contribution in [-0.4, -0.2) is 51.9 Å². The highest BCUT2D eigenvalue weighted by molar-refractivity contribution is 7.90. The summed E-state index contributed by atoms with van der Waals surface area (Å²) in [6.07, 6.45) is 1.79. The average molecular weight is 332 g/mol. The molecule has 21 heavy (non-hydrogen) atoms. The summed E-state index contributed by atoms with van der Waals surface area (Å²) in [4.78, 5) is 6.13. The molecule has 0 radical (unpaired) electrons. The van der Waals surface area contributed by atoms with Gasteiger partial charge in [-0.1, -0.05) is 29.8 Å². The molecule has 0 heterocycles. The lowest BCUT2D eigenvalue weighted by Crippen LogP contribution is -2.39. The van der Waals surface area contributed by atoms with Gasteiger partial charge in [0.2, 0.25) is 0 Å². The summed E-state index contributed by atoms with van der Waals surface area (Å²) in [5.74, 6) is 0.883. The molecule has 0 aromatic heterocycles. The summed E-state index contributed by atoms with van der Waals surface area (Å²) >= 11 is 6.14. The van der Waals surface area contributed by atoms with Gasteiger partial charge < -0.3 is 10.2 Å². The minimum absolute atomic E-state index is 0.172. The molecule has 1 rings (SSSR count). The van der Waals surface area contributed by atoms with E-state index in [1.807, 2.05) is 36.2 Å². The Balaban J connectivity index is 2.51. The first-order valence-electron chi connectivity index (χ1n) is 6.66. The molecule has 0 saturated carbocycles. The van der Waals surface area contributed by atoms with Crippen LogP contribution in [0.25, 0.3) is 0 Å². The molecule has 0 bridgehead atoms. The van der Waals surface area contributed by atoms with Gasteiger partial charge in [0, 0.05) is 38.5 Å². The molecule has 0 atom stereocenters. The lowest BCUT2D eigenvalue weighted by atomic mass is 10.2. The van der Waals surface area contributed by atoms with Crippen molar-refractivity contribution in [1.29, 1.82) is 0 Å². The predicted molar refractivity (Wildman–Crippen MR) is 88.6 cm³/mol. The minimum atomic E-state index is -2.91. The van der Waals surface area contributed by atoms with Crippen molar-refractivity contribution in [3.8, 4) is 0 Å². The van der Waals surface area contributed by atoms with Crippen LogP contribution in [-0.2, 0) is 16.4 Å². The van der Waals surface area contributed by atoms with E-state index in [0.29, 0.717) is 25.5 Å². The number of aliphatic imine (C=N–C) groups is 1. The van der Waals surface area contributed by atoms with E-state index in [4.69, 9.17) is 11.6 Å². The second kappa shape index (κ2) is 8.24. The van der Waals surface area contributed by atoms with Gasteiger partial charge in [-0.15, -0.1) is 0 Å². The van der Waals surface area contributed by atoms with Gasteiger partial charge in [0.1, 0.15) is 9.84 Å². The van der Waals surface area contributed by atoms with Gasteiger partial charge in [0.05, 0.1) is 5.75 Å². The van der Waals surface area contributed by atoms with Crippen LogP contribution < -0.4 is 5.32 Å². The highest BCUT2D eigenvalue weighted by Gasteiger charge is 2.09. The van der Waals surface area contributed by atoms with Gasteiger partial charge in [-0.25, -0.2) is 8.42 Å². The number of sulfone groups is 1. The van der Waals surface area contributed by atoms with Crippen LogP contribution in [0.1, 0.15) is 12.0 Å². The summed E-state index contributed by atoms with van der Waals surface area (Å²) in [5, 5.41) is 3.87. The summed E-state index contributed by atoms with van der Waals surface area (Å²) in [7, 11) is 0.694. The van der Waals surface area contributed by atoms with Crippen LogP contribution in [0.4, 0.5) is 0 Å². The zero-order valence-electron chi connectivity index (χ0n) is 12.6. The standard InChI is InChI=1S/C14H22ClN3O2S/c1-16-14(17-9-6-10-21(3,19)20)18(2)11-12-7-4-5-8-13(12)15/h4-5,7-8H,6,9-11H2,1-3H3,(H,16,17). The molecular formula is C14H22ClN3O2S. The fraction of sp³-hybridized carbons (Fsp3) is 0.500. The van der Waals surface area contributed by atoms with Crippen LogP contribution in [0.2, 0.25) is 5.02 Å². The number of hydrogen-bond donors (Lipinski definition) is 1. The third-order valence-electron chi connectivity index (χ3n) is 2.91. The Morgan fingerprint density at radius 3 is 2.62 bits per heavy atom. The summed E-state index contributed by atoms with van der Waals surface area (Å²) in [6.45, 7) is 1.19. The Morgan fingerprint density at radius 2 is 2.05 bits per heavy atom. The van der Waals surface area contributed by atoms with Crippen molar-refractivity contribution in [2.24, 2.45) is 4.99 Å². The Labute approximate surface area is 131 Å². The van der Waals surface area contributed by atoms with Crippen molar-refractivity contribution >= 4 is 27.4 Å². The van der Waals surface area contributed by atoms with Gasteiger partial charge in [0.25, 0.3) is 0 Å². The highest BCUT2D eigenvalue weighted by Crippen LogP contribution is 2.16. The average Bonchev–Trinajstić information content (AvgIpc) is 2.40. The number of nitrogens with one attached hydrogen (secondary N) is 1. The van der Waals surface area contributed by atoms with Crippen LogP contribution in [0.15, 0.2) is 29.3 Å². The van der Waals surface area contributed by atoms with Gasteiger partial charge in [-0.05, 0) is 18.1 Å². The fourth-order valence-corrected chi connectivity index (χ4v) is 2.74. The van der Waals surface area contributed by atoms with Crippen molar-refractivity contribution in [1.82, 2.24) is 10.2 Å². The molecule has 0 unspecified atom stereocenters. The maximum Gasteiger partial charge on any atom is 0.193 e. The first-order chi connectivity index (χ1) is 9.83. The maximum absolute atomic E-state index is 11.1. The first kappa shape index (κ1) is 17.8. The van der Waals surface area contributed by atoms with Crippen molar-refractivity contribution < 1.29 is 8.42 Å². The molecule has 0 fully saturated rings. The Hall–Kier alpha value is -1.27. The molecule has 0 aliphatic carbocycles. The Morgan fingerprint density at radius 1 is 1.38 bits per heavy atom. The van der Waals surface area contributed by atoms with Crippen molar-refractivity contribution in [2.45, 2.75) is 13.0 Å². The van der Waals surface area contributed by atoms with E-state index in [9.17, 15) is 8.42 Å². The van der Waals surface area contributed by atoms with E-state index in [2.05, 4.69) is 10.3 Å². The molecule has 7 heteroatoms. The monoisotopic (exact) mass is 331 g/mol. The lowest BCUT2D eigenvalue weighted by molar-refractivity contribution is 0.477. The molecule has 0 aliphatic rings. The molecule has 1 aromatic rings. The van der Waals surface area contributed by atoms with E-state index in [-0.39, 0.29) is 5.75 Å². The van der Waals surface area contributed by atoms with Gasteiger partial charge >= 0.3 is 0 Å². The van der Waals surface area contributed by atoms with E-state index in [1.54, 1.807) is 7.05 Å². The molecular weight excluding hydrogens is 310 g/mol. The number of guanidine groups is 1. The summed E-state index contributed by atoms with van der Waals surface area (Å²) < 4.78 is 22.1. The third-order valence-corrected chi connectivity index (χ3v) is 4.31. The largest absolute Gasteiger partial charge is 0.356 e. The van der Waals surface area contributed by atoms with Crippen LogP contribution in [0.5, 0.6) is 0 Å². The Kier molecular flexibility index (Phi) is 6.98. The molecule has 0 spiro atoms.